The van der Waals surface area contributed by atoms with Crippen molar-refractivity contribution >= 4 is 34.9 Å². The molecule has 3 aromatic rings. The number of carbonyl (C=O) groups is 3. The minimum Gasteiger partial charge on any atom is -0.458 e. The van der Waals surface area contributed by atoms with Gasteiger partial charge in [0, 0.05) is 41.5 Å². The molecule has 2 aromatic heterocycles. The number of aliphatic hydroxyl groups excluding tert-OH is 2. The second kappa shape index (κ2) is 15.0. The number of esters is 1. The Morgan fingerprint density at radius 2 is 1.88 bits per heavy atom. The van der Waals surface area contributed by atoms with E-state index in [2.05, 4.69) is 4.99 Å². The number of rotatable bonds is 5. The van der Waals surface area contributed by atoms with E-state index >= 15 is 0 Å². The van der Waals surface area contributed by atoms with Crippen LogP contribution in [0.2, 0.25) is 0 Å². The van der Waals surface area contributed by atoms with E-state index in [0.29, 0.717) is 40.1 Å². The lowest BCUT2D eigenvalue weighted by Crippen LogP contribution is -2.41. The summed E-state index contributed by atoms with van der Waals surface area (Å²) in [6.07, 6.45) is 9.40. The van der Waals surface area contributed by atoms with Gasteiger partial charge in [0.05, 0.1) is 47.7 Å². The molecule has 258 valence electrons. The highest BCUT2D eigenvalue weighted by Crippen LogP contribution is 2.42. The number of ether oxygens (including phenoxy) is 1. The summed E-state index contributed by atoms with van der Waals surface area (Å²) < 4.78 is 21.1. The van der Waals surface area contributed by atoms with Crippen LogP contribution in [-0.2, 0) is 45.1 Å². The second-order valence-corrected chi connectivity index (χ2v) is 11.8. The van der Waals surface area contributed by atoms with Crippen molar-refractivity contribution in [2.75, 3.05) is 19.7 Å². The summed E-state index contributed by atoms with van der Waals surface area (Å²) in [5, 5.41) is 20.1. The first-order valence-electron chi connectivity index (χ1n) is 16.4. The number of pyridine rings is 2. The highest BCUT2D eigenvalue weighted by atomic mass is 19.1. The van der Waals surface area contributed by atoms with Crippen LogP contribution in [0.5, 0.6) is 0 Å². The molecule has 4 N–H and O–H groups in total. The number of allylic oxidation sites excluding steroid dienone is 2. The molecule has 0 saturated carbocycles. The van der Waals surface area contributed by atoms with Crippen LogP contribution < -0.4 is 11.3 Å². The largest absolute Gasteiger partial charge is 0.458 e. The molecule has 49 heavy (non-hydrogen) atoms. The average molecular weight is 674 g/mol. The Morgan fingerprint density at radius 3 is 2.61 bits per heavy atom. The van der Waals surface area contributed by atoms with E-state index in [4.69, 9.17) is 20.6 Å². The van der Waals surface area contributed by atoms with E-state index < -0.39 is 18.0 Å². The van der Waals surface area contributed by atoms with Gasteiger partial charge in [-0.2, -0.15) is 0 Å². The minimum atomic E-state index is -1.48. The molecular formula is C36H40FN5O7. The third kappa shape index (κ3) is 6.81. The summed E-state index contributed by atoms with van der Waals surface area (Å²) in [5.41, 5.74) is 11.3. The molecular weight excluding hydrogens is 633 g/mol. The summed E-state index contributed by atoms with van der Waals surface area (Å²) in [4.78, 5) is 57.7. The molecule has 4 aliphatic rings. The maximum Gasteiger partial charge on any atom is 0.340 e. The van der Waals surface area contributed by atoms with Gasteiger partial charge < -0.3 is 30.2 Å². The smallest absolute Gasteiger partial charge is 0.340 e. The monoisotopic (exact) mass is 673 g/mol. The first-order chi connectivity index (χ1) is 23.6. The van der Waals surface area contributed by atoms with Crippen molar-refractivity contribution < 1.29 is 33.7 Å². The van der Waals surface area contributed by atoms with Gasteiger partial charge in [-0.25, -0.2) is 14.2 Å². The van der Waals surface area contributed by atoms with E-state index in [-0.39, 0.29) is 49.2 Å². The van der Waals surface area contributed by atoms with Crippen LogP contribution in [0.15, 0.2) is 45.8 Å². The van der Waals surface area contributed by atoms with Crippen molar-refractivity contribution in [2.24, 2.45) is 10.7 Å². The number of nitrogens with two attached hydrogens (primary N) is 1. The number of fused-ring (bicyclic) bond motifs is 5. The molecule has 1 unspecified atom stereocenters. The third-order valence-corrected chi connectivity index (χ3v) is 8.89. The summed E-state index contributed by atoms with van der Waals surface area (Å²) >= 11 is 0. The van der Waals surface area contributed by atoms with Crippen LogP contribution in [0.25, 0.3) is 22.3 Å². The molecule has 0 radical (unpaired) electrons. The standard InChI is InChI=1S/C22H17FN2O4.C12H17N3O3.C2H6/c1-9-10-3-2-4-11-13-7-25-17(19(13)24-16(18(10)11)6-15(9)23)5-12-14(21(25)27)8-29-22(28)20(12)26;13-11(17)9-15(6-7-16)12(18)10-4-2-1-3-5-14-8-10;1-2/h5-6,20,26H,2-4,7-8H2,1H3;3-5,8,16H,1-2,6-7,9H2,(H2,13,17);1-2H3/b;5-3-,10-4+,14-8-;. The first-order valence-corrected chi connectivity index (χ1v) is 16.4. The van der Waals surface area contributed by atoms with Crippen LogP contribution in [0.1, 0.15) is 72.6 Å². The van der Waals surface area contributed by atoms with Crippen LogP contribution in [0, 0.1) is 12.7 Å². The molecule has 5 heterocycles. The molecule has 1 atom stereocenters. The zero-order valence-corrected chi connectivity index (χ0v) is 27.8. The lowest BCUT2D eigenvalue weighted by Gasteiger charge is -2.22. The predicted molar refractivity (Wildman–Crippen MR) is 181 cm³/mol. The summed E-state index contributed by atoms with van der Waals surface area (Å²) in [6, 6.07) is 3.13. The molecule has 0 fully saturated rings. The maximum absolute atomic E-state index is 14.5. The van der Waals surface area contributed by atoms with Gasteiger partial charge >= 0.3 is 5.97 Å². The minimum absolute atomic E-state index is 0.0722. The number of amides is 2. The van der Waals surface area contributed by atoms with Gasteiger partial charge in [-0.1, -0.05) is 26.0 Å². The number of aromatic nitrogens is 2. The van der Waals surface area contributed by atoms with Crippen molar-refractivity contribution in [1.82, 2.24) is 14.5 Å². The third-order valence-electron chi connectivity index (χ3n) is 8.89. The SMILES string of the molecule is CC.Cc1c(F)cc2nc3c(c4c2c1CCC4)Cn1c-3cc2c(c1=O)COC(=O)C2O.NC(=O)CN(CCO)C(=O)C1=C/CC\C=C/N=C\1. The number of cyclic esters (lactones) is 1. The van der Waals surface area contributed by atoms with E-state index in [1.165, 1.54) is 17.2 Å². The first kappa shape index (κ1) is 35.3. The van der Waals surface area contributed by atoms with Gasteiger partial charge in [0.25, 0.3) is 11.5 Å². The molecule has 1 aliphatic carbocycles. The van der Waals surface area contributed by atoms with E-state index in [1.54, 1.807) is 29.8 Å². The molecule has 7 rings (SSSR count). The zero-order chi connectivity index (χ0) is 35.4. The number of aliphatic imine (C=N–C) groups is 1. The van der Waals surface area contributed by atoms with E-state index in [1.807, 2.05) is 19.9 Å². The summed E-state index contributed by atoms with van der Waals surface area (Å²) in [6.45, 7) is 5.69. The van der Waals surface area contributed by atoms with Crippen molar-refractivity contribution in [3.05, 3.63) is 85.6 Å². The van der Waals surface area contributed by atoms with Gasteiger partial charge in [0.1, 0.15) is 12.4 Å². The van der Waals surface area contributed by atoms with Gasteiger partial charge in [0.2, 0.25) is 5.91 Å². The lowest BCUT2D eigenvalue weighted by molar-refractivity contribution is -0.157. The maximum atomic E-state index is 14.5. The predicted octanol–water partition coefficient (Wildman–Crippen LogP) is 3.08. The number of nitrogens with zero attached hydrogens (tertiary/aromatic N) is 4. The molecule has 0 saturated heterocycles. The number of hydrogen-bond acceptors (Lipinski definition) is 9. The van der Waals surface area contributed by atoms with Gasteiger partial charge in [-0.3, -0.25) is 19.4 Å². The lowest BCUT2D eigenvalue weighted by atomic mass is 9.85. The Hall–Kier alpha value is -5.01. The van der Waals surface area contributed by atoms with Gasteiger partial charge in [-0.05, 0) is 61.8 Å². The topological polar surface area (TPSA) is 177 Å². The molecule has 13 heteroatoms. The van der Waals surface area contributed by atoms with Crippen molar-refractivity contribution in [3.63, 3.8) is 0 Å². The number of hydrogen-bond donors (Lipinski definition) is 3. The van der Waals surface area contributed by atoms with Gasteiger partial charge in [0.15, 0.2) is 6.10 Å². The fraction of sp³-hybridized carbons (Fsp3) is 0.389. The van der Waals surface area contributed by atoms with Crippen molar-refractivity contribution in [2.45, 2.75) is 72.1 Å². The van der Waals surface area contributed by atoms with E-state index in [0.717, 1.165) is 54.2 Å². The Balaban J connectivity index is 0.000000203. The highest BCUT2D eigenvalue weighted by Gasteiger charge is 2.35. The van der Waals surface area contributed by atoms with Crippen LogP contribution in [-0.4, -0.2) is 68.4 Å². The highest BCUT2D eigenvalue weighted by molar-refractivity contribution is 6.12. The quantitative estimate of drug-likeness (QED) is 0.271. The summed E-state index contributed by atoms with van der Waals surface area (Å²) in [7, 11) is 0. The molecule has 3 aliphatic heterocycles. The Kier molecular flexibility index (Phi) is 10.8. The van der Waals surface area contributed by atoms with Crippen LogP contribution in [0.4, 0.5) is 4.39 Å². The number of halogens is 1. The number of benzene rings is 1. The number of primary amides is 1. The number of aliphatic hydroxyl groups is 2. The Labute approximate surface area is 282 Å². The number of carbonyl (C=O) groups excluding carboxylic acids is 3. The van der Waals surface area contributed by atoms with Crippen molar-refractivity contribution in [3.8, 4) is 11.4 Å². The molecule has 1 aromatic carbocycles. The normalized spacial score (nSPS) is 19.1. The molecule has 12 nitrogen and oxygen atoms in total. The van der Waals surface area contributed by atoms with Crippen molar-refractivity contribution in [1.29, 1.82) is 0 Å². The molecule has 0 bridgehead atoms. The zero-order valence-electron chi connectivity index (χ0n) is 27.8. The van der Waals surface area contributed by atoms with E-state index in [9.17, 15) is 28.7 Å². The Bertz CT molecular complexity index is 1980. The number of aryl methyl sites for hydroxylation is 2. The molecule has 2 amide bonds. The van der Waals surface area contributed by atoms with Gasteiger partial charge in [-0.15, -0.1) is 0 Å². The second-order valence-electron chi connectivity index (χ2n) is 11.8. The Morgan fingerprint density at radius 1 is 1.12 bits per heavy atom. The fourth-order valence-corrected chi connectivity index (χ4v) is 6.60. The van der Waals surface area contributed by atoms with Crippen LogP contribution in [0.3, 0.4) is 0 Å². The average Bonchev–Trinajstić information content (AvgIpc) is 3.45. The summed E-state index contributed by atoms with van der Waals surface area (Å²) in [5.74, 6) is -1.99. The molecule has 0 spiro atoms. The fourth-order valence-electron chi connectivity index (χ4n) is 6.60. The van der Waals surface area contributed by atoms with Crippen LogP contribution >= 0.6 is 0 Å².